The Morgan fingerprint density at radius 2 is 1.93 bits per heavy atom. The van der Waals surface area contributed by atoms with Crippen LogP contribution in [0.3, 0.4) is 0 Å². The second-order valence-corrected chi connectivity index (χ2v) is 8.20. The van der Waals surface area contributed by atoms with Crippen LogP contribution in [0.1, 0.15) is 28.8 Å². The molecule has 1 aliphatic rings. The van der Waals surface area contributed by atoms with Crippen molar-refractivity contribution in [3.8, 4) is 0 Å². The fourth-order valence-corrected chi connectivity index (χ4v) is 3.95. The molecule has 5 nitrogen and oxygen atoms in total. The minimum atomic E-state index is -4.33. The van der Waals surface area contributed by atoms with Gasteiger partial charge in [0.2, 0.25) is 0 Å². The van der Waals surface area contributed by atoms with E-state index in [2.05, 4.69) is 27.6 Å². The second-order valence-electron chi connectivity index (χ2n) is 7.08. The summed E-state index contributed by atoms with van der Waals surface area (Å²) in [5.74, 6) is 0.494. The van der Waals surface area contributed by atoms with Gasteiger partial charge >= 0.3 is 12.2 Å². The molecule has 0 spiro atoms. The van der Waals surface area contributed by atoms with Crippen LogP contribution in [-0.4, -0.2) is 42.6 Å². The summed E-state index contributed by atoms with van der Waals surface area (Å²) in [6.07, 6.45) is -0.0821. The Hall–Kier alpha value is -2.13. The number of anilines is 1. The average Bonchev–Trinajstić information content (AvgIpc) is 3.07. The largest absolute Gasteiger partial charge is 0.416 e. The van der Waals surface area contributed by atoms with Crippen LogP contribution in [0.5, 0.6) is 0 Å². The van der Waals surface area contributed by atoms with E-state index in [0.29, 0.717) is 24.0 Å². The summed E-state index contributed by atoms with van der Waals surface area (Å²) in [6.45, 7) is 2.74. The number of nitrogens with one attached hydrogen (secondary N) is 2. The fourth-order valence-electron chi connectivity index (χ4n) is 3.10. The Balaban J connectivity index is 1.46. The zero-order chi connectivity index (χ0) is 20.1. The molecular weight excluding hydrogens is 389 g/mol. The predicted octanol–water partition coefficient (Wildman–Crippen LogP) is 4.22. The molecule has 1 aromatic heterocycles. The first-order valence-electron chi connectivity index (χ1n) is 9.14. The minimum Gasteiger partial charge on any atom is -0.338 e. The summed E-state index contributed by atoms with van der Waals surface area (Å²) >= 11 is 1.32. The standard InChI is InChI=1S/C19H23F3N4OS/c1-26-8-6-14(7-9-26)11-23-17(27)25-18-24-12-16(28-18)10-13-2-4-15(5-3-13)19(20,21)22/h2-5,12,14H,6-11H2,1H3,(H2,23,24,25,27). The highest BCUT2D eigenvalue weighted by molar-refractivity contribution is 7.15. The monoisotopic (exact) mass is 412 g/mol. The van der Waals surface area contributed by atoms with Gasteiger partial charge in [0, 0.05) is 24.0 Å². The lowest BCUT2D eigenvalue weighted by atomic mass is 9.97. The number of carbonyl (C=O) groups excluding carboxylic acids is 1. The molecule has 1 fully saturated rings. The fraction of sp³-hybridized carbons (Fsp3) is 0.474. The summed E-state index contributed by atoms with van der Waals surface area (Å²) in [7, 11) is 2.10. The summed E-state index contributed by atoms with van der Waals surface area (Å²) in [4.78, 5) is 19.4. The van der Waals surface area contributed by atoms with E-state index < -0.39 is 11.7 Å². The van der Waals surface area contributed by atoms with Gasteiger partial charge in [-0.25, -0.2) is 9.78 Å². The smallest absolute Gasteiger partial charge is 0.338 e. The first-order valence-corrected chi connectivity index (χ1v) is 9.95. The van der Waals surface area contributed by atoms with Crippen LogP contribution in [0, 0.1) is 5.92 Å². The second kappa shape index (κ2) is 8.91. The summed E-state index contributed by atoms with van der Waals surface area (Å²) in [5, 5.41) is 6.09. The number of thiazole rings is 1. The third kappa shape index (κ3) is 5.93. The van der Waals surface area contributed by atoms with Crippen molar-refractivity contribution in [3.05, 3.63) is 46.5 Å². The van der Waals surface area contributed by atoms with Gasteiger partial charge in [0.05, 0.1) is 5.56 Å². The van der Waals surface area contributed by atoms with Gasteiger partial charge in [0.25, 0.3) is 0 Å². The zero-order valence-electron chi connectivity index (χ0n) is 15.6. The van der Waals surface area contributed by atoms with E-state index in [1.807, 2.05) is 0 Å². The zero-order valence-corrected chi connectivity index (χ0v) is 16.4. The van der Waals surface area contributed by atoms with Crippen molar-refractivity contribution in [2.45, 2.75) is 25.4 Å². The molecule has 2 heterocycles. The number of carbonyl (C=O) groups is 1. The van der Waals surface area contributed by atoms with E-state index in [4.69, 9.17) is 0 Å². The molecule has 1 aliphatic heterocycles. The number of alkyl halides is 3. The Labute approximate surface area is 166 Å². The Morgan fingerprint density at radius 1 is 1.25 bits per heavy atom. The molecular formula is C19H23F3N4OS. The third-order valence-corrected chi connectivity index (χ3v) is 5.74. The Bertz CT molecular complexity index is 783. The molecule has 1 aromatic carbocycles. The van der Waals surface area contributed by atoms with Gasteiger partial charge in [0.15, 0.2) is 5.13 Å². The van der Waals surface area contributed by atoms with Crippen molar-refractivity contribution >= 4 is 22.5 Å². The topological polar surface area (TPSA) is 57.3 Å². The van der Waals surface area contributed by atoms with E-state index in [1.54, 1.807) is 6.20 Å². The van der Waals surface area contributed by atoms with Crippen LogP contribution >= 0.6 is 11.3 Å². The lowest BCUT2D eigenvalue weighted by Gasteiger charge is -2.28. The molecule has 3 rings (SSSR count). The number of amides is 2. The number of benzene rings is 1. The normalized spacial score (nSPS) is 16.1. The van der Waals surface area contributed by atoms with Crippen LogP contribution in [0.15, 0.2) is 30.5 Å². The van der Waals surface area contributed by atoms with Crippen molar-refractivity contribution in [3.63, 3.8) is 0 Å². The first kappa shape index (κ1) is 20.6. The van der Waals surface area contributed by atoms with E-state index in [0.717, 1.165) is 48.5 Å². The molecule has 2 N–H and O–H groups in total. The summed E-state index contributed by atoms with van der Waals surface area (Å²) in [5.41, 5.74) is 0.0964. The molecule has 9 heteroatoms. The quantitative estimate of drug-likeness (QED) is 0.773. The van der Waals surface area contributed by atoms with E-state index in [9.17, 15) is 18.0 Å². The maximum Gasteiger partial charge on any atom is 0.416 e. The van der Waals surface area contributed by atoms with Crippen LogP contribution < -0.4 is 10.6 Å². The molecule has 0 atom stereocenters. The van der Waals surface area contributed by atoms with Gasteiger partial charge < -0.3 is 10.2 Å². The maximum atomic E-state index is 12.6. The molecule has 2 amide bonds. The van der Waals surface area contributed by atoms with Crippen LogP contribution in [0.25, 0.3) is 0 Å². The number of nitrogens with zero attached hydrogens (tertiary/aromatic N) is 2. The highest BCUT2D eigenvalue weighted by atomic mass is 32.1. The number of hydrogen-bond donors (Lipinski definition) is 2. The van der Waals surface area contributed by atoms with Crippen molar-refractivity contribution in [1.29, 1.82) is 0 Å². The molecule has 0 saturated carbocycles. The number of urea groups is 1. The number of rotatable bonds is 5. The van der Waals surface area contributed by atoms with Crippen LogP contribution in [-0.2, 0) is 12.6 Å². The van der Waals surface area contributed by atoms with E-state index >= 15 is 0 Å². The lowest BCUT2D eigenvalue weighted by molar-refractivity contribution is -0.137. The Morgan fingerprint density at radius 3 is 2.57 bits per heavy atom. The SMILES string of the molecule is CN1CCC(CNC(=O)Nc2ncc(Cc3ccc(C(F)(F)F)cc3)s2)CC1. The number of piperidine rings is 1. The summed E-state index contributed by atoms with van der Waals surface area (Å²) in [6, 6.07) is 4.79. The number of halogens is 3. The van der Waals surface area contributed by atoms with Gasteiger partial charge in [-0.3, -0.25) is 5.32 Å². The number of likely N-dealkylation sites (tertiary alicyclic amines) is 1. The molecule has 0 bridgehead atoms. The molecule has 1 saturated heterocycles. The predicted molar refractivity (Wildman–Crippen MR) is 104 cm³/mol. The van der Waals surface area contributed by atoms with Crippen molar-refractivity contribution in [1.82, 2.24) is 15.2 Å². The van der Waals surface area contributed by atoms with Crippen molar-refractivity contribution < 1.29 is 18.0 Å². The molecule has 0 unspecified atom stereocenters. The van der Waals surface area contributed by atoms with Gasteiger partial charge in [-0.05, 0) is 56.6 Å². The molecule has 28 heavy (non-hydrogen) atoms. The average molecular weight is 412 g/mol. The van der Waals surface area contributed by atoms with Gasteiger partial charge in [-0.1, -0.05) is 12.1 Å². The molecule has 0 aliphatic carbocycles. The molecule has 2 aromatic rings. The first-order chi connectivity index (χ1) is 13.3. The minimum absolute atomic E-state index is 0.283. The van der Waals surface area contributed by atoms with Gasteiger partial charge in [0.1, 0.15) is 0 Å². The van der Waals surface area contributed by atoms with Crippen molar-refractivity contribution in [2.75, 3.05) is 32.0 Å². The highest BCUT2D eigenvalue weighted by Crippen LogP contribution is 2.30. The van der Waals surface area contributed by atoms with Gasteiger partial charge in [-0.2, -0.15) is 13.2 Å². The highest BCUT2D eigenvalue weighted by Gasteiger charge is 2.29. The lowest BCUT2D eigenvalue weighted by Crippen LogP contribution is -2.38. The number of aromatic nitrogens is 1. The molecule has 152 valence electrons. The molecule has 0 radical (unpaired) electrons. The Kier molecular flexibility index (Phi) is 6.56. The van der Waals surface area contributed by atoms with Crippen molar-refractivity contribution in [2.24, 2.45) is 5.92 Å². The van der Waals surface area contributed by atoms with Crippen LogP contribution in [0.2, 0.25) is 0 Å². The number of hydrogen-bond acceptors (Lipinski definition) is 4. The maximum absolute atomic E-state index is 12.6. The van der Waals surface area contributed by atoms with Gasteiger partial charge in [-0.15, -0.1) is 11.3 Å². The van der Waals surface area contributed by atoms with E-state index in [1.165, 1.54) is 23.5 Å². The van der Waals surface area contributed by atoms with E-state index in [-0.39, 0.29) is 6.03 Å². The third-order valence-electron chi connectivity index (χ3n) is 4.82. The summed E-state index contributed by atoms with van der Waals surface area (Å²) < 4.78 is 37.8. The van der Waals surface area contributed by atoms with Crippen LogP contribution in [0.4, 0.5) is 23.1 Å².